The molecule has 5 heteroatoms. The van der Waals surface area contributed by atoms with Crippen LogP contribution < -0.4 is 4.90 Å². The molecule has 0 saturated heterocycles. The molecule has 1 heterocycles. The predicted molar refractivity (Wildman–Crippen MR) is 50.9 cm³/mol. The molecule has 0 unspecified atom stereocenters. The maximum Gasteiger partial charge on any atom is 0.340 e. The number of anilines is 1. The Morgan fingerprint density at radius 2 is 2.21 bits per heavy atom. The molecular formula is C9H10N2O3. The van der Waals surface area contributed by atoms with Crippen LogP contribution in [0.3, 0.4) is 0 Å². The number of carbonyl (C=O) groups excluding carboxylic acids is 1. The Kier molecular flexibility index (Phi) is 2.81. The highest BCUT2D eigenvalue weighted by atomic mass is 16.4. The van der Waals surface area contributed by atoms with Crippen LogP contribution in [0.5, 0.6) is 0 Å². The molecule has 1 N–H and O–H groups in total. The average molecular weight is 194 g/mol. The van der Waals surface area contributed by atoms with Crippen LogP contribution in [0, 0.1) is 0 Å². The fourth-order valence-electron chi connectivity index (χ4n) is 1.15. The van der Waals surface area contributed by atoms with Gasteiger partial charge in [-0.1, -0.05) is 0 Å². The van der Waals surface area contributed by atoms with Crippen molar-refractivity contribution in [3.63, 3.8) is 0 Å². The zero-order valence-corrected chi connectivity index (χ0v) is 7.89. The molecule has 14 heavy (non-hydrogen) atoms. The summed E-state index contributed by atoms with van der Waals surface area (Å²) in [5.74, 6) is -1.15. The molecule has 0 amide bonds. The molecule has 0 aliphatic carbocycles. The highest BCUT2D eigenvalue weighted by molar-refractivity contribution is 6.01. The fraction of sp³-hybridized carbons (Fsp3) is 0.222. The SMILES string of the molecule is CN(C)c1ccnc(C=O)c1C(=O)O. The number of aldehydes is 1. The fourth-order valence-corrected chi connectivity index (χ4v) is 1.15. The van der Waals surface area contributed by atoms with Crippen molar-refractivity contribution < 1.29 is 14.7 Å². The van der Waals surface area contributed by atoms with Gasteiger partial charge in [0.15, 0.2) is 6.29 Å². The first kappa shape index (κ1) is 10.2. The topological polar surface area (TPSA) is 70.5 Å². The lowest BCUT2D eigenvalue weighted by Gasteiger charge is -2.15. The van der Waals surface area contributed by atoms with Gasteiger partial charge in [-0.3, -0.25) is 9.78 Å². The van der Waals surface area contributed by atoms with Crippen molar-refractivity contribution in [1.29, 1.82) is 0 Å². The minimum Gasteiger partial charge on any atom is -0.478 e. The predicted octanol–water partition coefficient (Wildman–Crippen LogP) is 0.658. The van der Waals surface area contributed by atoms with Gasteiger partial charge in [0.25, 0.3) is 0 Å². The van der Waals surface area contributed by atoms with Gasteiger partial charge in [0.2, 0.25) is 0 Å². The Balaban J connectivity index is 3.43. The second-order valence-corrected chi connectivity index (χ2v) is 2.91. The van der Waals surface area contributed by atoms with Crippen molar-refractivity contribution in [3.8, 4) is 0 Å². The van der Waals surface area contributed by atoms with Gasteiger partial charge in [-0.15, -0.1) is 0 Å². The summed E-state index contributed by atoms with van der Waals surface area (Å²) in [5, 5.41) is 8.90. The summed E-state index contributed by atoms with van der Waals surface area (Å²) >= 11 is 0. The molecule has 0 bridgehead atoms. The molecule has 74 valence electrons. The van der Waals surface area contributed by atoms with E-state index in [-0.39, 0.29) is 11.3 Å². The monoisotopic (exact) mass is 194 g/mol. The summed E-state index contributed by atoms with van der Waals surface area (Å²) in [6.45, 7) is 0. The van der Waals surface area contributed by atoms with Crippen molar-refractivity contribution in [3.05, 3.63) is 23.5 Å². The van der Waals surface area contributed by atoms with Crippen LogP contribution in [0.4, 0.5) is 5.69 Å². The van der Waals surface area contributed by atoms with E-state index in [0.717, 1.165) is 0 Å². The molecule has 0 fully saturated rings. The molecular weight excluding hydrogens is 184 g/mol. The molecule has 0 spiro atoms. The average Bonchev–Trinajstić information content (AvgIpc) is 2.16. The van der Waals surface area contributed by atoms with Crippen LogP contribution in [-0.2, 0) is 0 Å². The van der Waals surface area contributed by atoms with E-state index in [1.54, 1.807) is 25.1 Å². The molecule has 0 aliphatic rings. The van der Waals surface area contributed by atoms with E-state index in [9.17, 15) is 9.59 Å². The Morgan fingerprint density at radius 1 is 1.57 bits per heavy atom. The normalized spacial score (nSPS) is 9.57. The molecule has 5 nitrogen and oxygen atoms in total. The zero-order chi connectivity index (χ0) is 10.7. The van der Waals surface area contributed by atoms with E-state index in [4.69, 9.17) is 5.11 Å². The van der Waals surface area contributed by atoms with Gasteiger partial charge in [0.1, 0.15) is 11.3 Å². The lowest BCUT2D eigenvalue weighted by atomic mass is 10.1. The van der Waals surface area contributed by atoms with Gasteiger partial charge in [0, 0.05) is 20.3 Å². The first-order chi connectivity index (χ1) is 6.57. The number of carboxylic acids is 1. The molecule has 0 atom stereocenters. The van der Waals surface area contributed by atoms with Crippen LogP contribution in [0.2, 0.25) is 0 Å². The van der Waals surface area contributed by atoms with Gasteiger partial charge in [0.05, 0.1) is 5.69 Å². The summed E-state index contributed by atoms with van der Waals surface area (Å²) in [5.41, 5.74) is 0.353. The van der Waals surface area contributed by atoms with Crippen LogP contribution in [0.1, 0.15) is 20.8 Å². The molecule has 0 aromatic carbocycles. The first-order valence-electron chi connectivity index (χ1n) is 3.92. The van der Waals surface area contributed by atoms with Crippen LogP contribution in [0.15, 0.2) is 12.3 Å². The van der Waals surface area contributed by atoms with Crippen molar-refractivity contribution >= 4 is 17.9 Å². The van der Waals surface area contributed by atoms with E-state index in [1.807, 2.05) is 0 Å². The number of carbonyl (C=O) groups is 2. The van der Waals surface area contributed by atoms with E-state index in [1.165, 1.54) is 6.20 Å². The molecule has 1 aromatic rings. The minimum atomic E-state index is -1.15. The number of pyridine rings is 1. The summed E-state index contributed by atoms with van der Waals surface area (Å²) in [7, 11) is 3.41. The number of rotatable bonds is 3. The first-order valence-corrected chi connectivity index (χ1v) is 3.92. The maximum atomic E-state index is 10.9. The Hall–Kier alpha value is -1.91. The number of aromatic nitrogens is 1. The second kappa shape index (κ2) is 3.87. The van der Waals surface area contributed by atoms with E-state index in [2.05, 4.69) is 4.98 Å². The second-order valence-electron chi connectivity index (χ2n) is 2.91. The smallest absolute Gasteiger partial charge is 0.340 e. The maximum absolute atomic E-state index is 10.9. The van der Waals surface area contributed by atoms with Crippen molar-refractivity contribution in [2.45, 2.75) is 0 Å². The van der Waals surface area contributed by atoms with Gasteiger partial charge >= 0.3 is 5.97 Å². The van der Waals surface area contributed by atoms with Crippen molar-refractivity contribution in [1.82, 2.24) is 4.98 Å². The number of hydrogen-bond donors (Lipinski definition) is 1. The Labute approximate surface area is 81.0 Å². The highest BCUT2D eigenvalue weighted by Crippen LogP contribution is 2.19. The standard InChI is InChI=1S/C9H10N2O3/c1-11(2)7-3-4-10-6(5-12)8(7)9(13)14/h3-5H,1-2H3,(H,13,14). The van der Waals surface area contributed by atoms with Crippen LogP contribution in [-0.4, -0.2) is 36.4 Å². The van der Waals surface area contributed by atoms with Crippen LogP contribution in [0.25, 0.3) is 0 Å². The molecule has 1 rings (SSSR count). The lowest BCUT2D eigenvalue weighted by Crippen LogP contribution is -2.16. The van der Waals surface area contributed by atoms with Gasteiger partial charge in [-0.2, -0.15) is 0 Å². The van der Waals surface area contributed by atoms with Gasteiger partial charge in [-0.05, 0) is 6.07 Å². The third-order valence-electron chi connectivity index (χ3n) is 1.77. The third kappa shape index (κ3) is 1.71. The van der Waals surface area contributed by atoms with Crippen LogP contribution >= 0.6 is 0 Å². The van der Waals surface area contributed by atoms with Crippen molar-refractivity contribution in [2.75, 3.05) is 19.0 Å². The largest absolute Gasteiger partial charge is 0.478 e. The number of carboxylic acid groups (broad SMARTS) is 1. The van der Waals surface area contributed by atoms with Crippen molar-refractivity contribution in [2.24, 2.45) is 0 Å². The number of hydrogen-bond acceptors (Lipinski definition) is 4. The zero-order valence-electron chi connectivity index (χ0n) is 7.89. The lowest BCUT2D eigenvalue weighted by molar-refractivity contribution is 0.0694. The molecule has 1 aromatic heterocycles. The number of nitrogens with zero attached hydrogens (tertiary/aromatic N) is 2. The van der Waals surface area contributed by atoms with E-state index < -0.39 is 5.97 Å². The quantitative estimate of drug-likeness (QED) is 0.715. The summed E-state index contributed by atoms with van der Waals surface area (Å²) in [6.07, 6.45) is 1.85. The molecule has 0 saturated carbocycles. The third-order valence-corrected chi connectivity index (χ3v) is 1.77. The highest BCUT2D eigenvalue weighted by Gasteiger charge is 2.17. The molecule has 0 radical (unpaired) electrons. The Bertz CT molecular complexity index is 374. The van der Waals surface area contributed by atoms with Gasteiger partial charge < -0.3 is 10.0 Å². The van der Waals surface area contributed by atoms with Gasteiger partial charge in [-0.25, -0.2) is 4.79 Å². The van der Waals surface area contributed by atoms with E-state index in [0.29, 0.717) is 12.0 Å². The summed E-state index contributed by atoms with van der Waals surface area (Å²) < 4.78 is 0. The summed E-state index contributed by atoms with van der Waals surface area (Å²) in [4.78, 5) is 26.8. The molecule has 0 aliphatic heterocycles. The van der Waals surface area contributed by atoms with E-state index >= 15 is 0 Å². The summed E-state index contributed by atoms with van der Waals surface area (Å²) in [6, 6.07) is 1.55. The minimum absolute atomic E-state index is 0.0521. The number of aromatic carboxylic acids is 1. The Morgan fingerprint density at radius 3 is 2.64 bits per heavy atom.